The van der Waals surface area contributed by atoms with E-state index in [2.05, 4.69) is 61.5 Å². The Labute approximate surface area is 391 Å². The molecule has 0 aliphatic heterocycles. The van der Waals surface area contributed by atoms with Gasteiger partial charge in [0.2, 0.25) is 0 Å². The van der Waals surface area contributed by atoms with Crippen molar-refractivity contribution in [3.05, 3.63) is 18.6 Å². The van der Waals surface area contributed by atoms with Gasteiger partial charge in [-0.3, -0.25) is 0 Å². The maximum Gasteiger partial charge on any atom is 1.00 e. The molecule has 0 saturated heterocycles. The van der Waals surface area contributed by atoms with E-state index >= 15 is 0 Å². The summed E-state index contributed by atoms with van der Waals surface area (Å²) < 4.78 is 0. The largest absolute Gasteiger partial charge is 1.00 e. The minimum Gasteiger partial charge on any atom is -0.340 e. The second kappa shape index (κ2) is 15.1. The van der Waals surface area contributed by atoms with Crippen LogP contribution < -0.4 is 207 Å². The van der Waals surface area contributed by atoms with Crippen molar-refractivity contribution in [1.29, 1.82) is 0 Å². The van der Waals surface area contributed by atoms with Crippen LogP contribution in [-0.4, -0.2) is 0 Å². The summed E-state index contributed by atoms with van der Waals surface area (Å²) in [5.74, 6) is 4.28. The molecule has 0 N–H and O–H groups in total. The summed E-state index contributed by atoms with van der Waals surface area (Å²) in [4.78, 5) is 0. The second-order valence-corrected chi connectivity index (χ2v) is 14.4. The Morgan fingerprint density at radius 1 is 0.941 bits per heavy atom. The molecule has 0 heterocycles. The van der Waals surface area contributed by atoms with Crippen molar-refractivity contribution in [2.75, 3.05) is 0 Å². The van der Waals surface area contributed by atoms with E-state index in [1.165, 1.54) is 77.0 Å². The summed E-state index contributed by atoms with van der Waals surface area (Å²) >= 11 is 0. The standard InChI is InChI=1S/C31H53.3Cs/c1-22(2)11-9-10-12-24-13-14-26-29(24,7)19-17-27-30(8)18-15-23(3)21-25(30)16-20-31(26,27)28(4,5)6;;;/h16,22-24,26-27H,3,9-15,17-21H2,1-2,4-8H3;;;/q-1;3*+1. The Hall–Kier alpha value is 5.90. The molecule has 0 nitrogen and oxygen atoms in total. The maximum atomic E-state index is 4.47. The third-order valence-electron chi connectivity index (χ3n) is 11.5. The number of unbranched alkanes of at least 4 members (excludes halogenated alkanes) is 1. The van der Waals surface area contributed by atoms with Crippen LogP contribution in [0.5, 0.6) is 0 Å². The van der Waals surface area contributed by atoms with Crippen LogP contribution in [0.25, 0.3) is 0 Å². The predicted octanol–water partition coefficient (Wildman–Crippen LogP) is 0.660. The van der Waals surface area contributed by atoms with Crippen molar-refractivity contribution in [1.82, 2.24) is 0 Å². The summed E-state index contributed by atoms with van der Waals surface area (Å²) in [6.07, 6.45) is 19.9. The zero-order valence-electron chi connectivity index (χ0n) is 25.2. The smallest absolute Gasteiger partial charge is 0.340 e. The molecular formula is C31H53Cs3+2. The van der Waals surface area contributed by atoms with Crippen LogP contribution in [-0.2, 0) is 0 Å². The third kappa shape index (κ3) is 7.16. The van der Waals surface area contributed by atoms with Crippen molar-refractivity contribution in [3.63, 3.8) is 0 Å². The van der Waals surface area contributed by atoms with E-state index in [1.54, 1.807) is 5.57 Å². The molecule has 3 saturated carbocycles. The molecule has 0 radical (unpaired) electrons. The predicted molar refractivity (Wildman–Crippen MR) is 136 cm³/mol. The number of rotatable bonds is 5. The summed E-state index contributed by atoms with van der Waals surface area (Å²) in [6.45, 7) is 22.5. The molecular weight excluding hydrogens is 771 g/mol. The summed E-state index contributed by atoms with van der Waals surface area (Å²) in [6, 6.07) is 0. The fraction of sp³-hybridized carbons (Fsp3) is 0.903. The Balaban J connectivity index is 0.00000193. The van der Waals surface area contributed by atoms with Gasteiger partial charge < -0.3 is 6.92 Å². The summed E-state index contributed by atoms with van der Waals surface area (Å²) in [5, 5.41) is 0. The van der Waals surface area contributed by atoms with Gasteiger partial charge in [0.1, 0.15) is 0 Å². The number of allylic oxidation sites excluding steroid dienone is 2. The monoisotopic (exact) mass is 824 g/mol. The molecule has 0 amide bonds. The molecule has 3 heteroatoms. The van der Waals surface area contributed by atoms with Crippen LogP contribution in [0, 0.1) is 58.2 Å². The first-order chi connectivity index (χ1) is 14.4. The van der Waals surface area contributed by atoms with E-state index in [0.29, 0.717) is 27.6 Å². The van der Waals surface area contributed by atoms with Crippen molar-refractivity contribution < 1.29 is 207 Å². The van der Waals surface area contributed by atoms with Gasteiger partial charge in [0.05, 0.1) is 0 Å². The zero-order valence-corrected chi connectivity index (χ0v) is 44.0. The fourth-order valence-electron chi connectivity index (χ4n) is 9.75. The molecule has 4 aliphatic carbocycles. The molecule has 0 aromatic heterocycles. The Morgan fingerprint density at radius 2 is 1.62 bits per heavy atom. The number of hydrogen-bond acceptors (Lipinski definition) is 0. The molecule has 178 valence electrons. The normalized spacial score (nSPS) is 41.1. The van der Waals surface area contributed by atoms with Crippen LogP contribution in [0.4, 0.5) is 0 Å². The van der Waals surface area contributed by atoms with Crippen molar-refractivity contribution in [3.8, 4) is 0 Å². The molecule has 0 aromatic carbocycles. The number of fused-ring (bicyclic) bond motifs is 5. The van der Waals surface area contributed by atoms with E-state index in [-0.39, 0.29) is 207 Å². The Morgan fingerprint density at radius 3 is 2.24 bits per heavy atom. The van der Waals surface area contributed by atoms with E-state index < -0.39 is 0 Å². The Bertz CT molecular complexity index is 691. The van der Waals surface area contributed by atoms with Crippen LogP contribution >= 0.6 is 0 Å². The van der Waals surface area contributed by atoms with E-state index in [1.807, 2.05) is 0 Å². The summed E-state index contributed by atoms with van der Waals surface area (Å²) in [5.41, 5.74) is 3.68. The third-order valence-corrected chi connectivity index (χ3v) is 11.5. The first-order valence-electron chi connectivity index (χ1n) is 14.0. The van der Waals surface area contributed by atoms with E-state index in [9.17, 15) is 0 Å². The second-order valence-electron chi connectivity index (χ2n) is 14.4. The molecule has 7 atom stereocenters. The van der Waals surface area contributed by atoms with Crippen LogP contribution in [0.1, 0.15) is 126 Å². The van der Waals surface area contributed by atoms with Gasteiger partial charge in [0, 0.05) is 0 Å². The summed E-state index contributed by atoms with van der Waals surface area (Å²) in [7, 11) is 0. The van der Waals surface area contributed by atoms with Gasteiger partial charge >= 0.3 is 207 Å². The van der Waals surface area contributed by atoms with Gasteiger partial charge in [-0.25, -0.2) is 0 Å². The van der Waals surface area contributed by atoms with Crippen molar-refractivity contribution >= 4 is 0 Å². The first-order valence-corrected chi connectivity index (χ1v) is 14.0. The van der Waals surface area contributed by atoms with Gasteiger partial charge in [-0.2, -0.15) is 5.92 Å². The molecule has 0 bridgehead atoms. The van der Waals surface area contributed by atoms with Gasteiger partial charge in [0.25, 0.3) is 0 Å². The van der Waals surface area contributed by atoms with Crippen LogP contribution in [0.2, 0.25) is 0 Å². The average Bonchev–Trinajstić information content (AvgIpc) is 3.01. The maximum absolute atomic E-state index is 4.47. The van der Waals surface area contributed by atoms with E-state index in [0.717, 1.165) is 23.7 Å². The molecule has 4 aliphatic rings. The molecule has 0 spiro atoms. The van der Waals surface area contributed by atoms with Crippen LogP contribution in [0.3, 0.4) is 0 Å². The van der Waals surface area contributed by atoms with Gasteiger partial charge in [-0.05, 0) is 90.3 Å². The minimum atomic E-state index is 0. The average molecular weight is 824 g/mol. The Kier molecular flexibility index (Phi) is 16.8. The van der Waals surface area contributed by atoms with Crippen molar-refractivity contribution in [2.24, 2.45) is 51.2 Å². The van der Waals surface area contributed by atoms with Gasteiger partial charge in [0.15, 0.2) is 0 Å². The van der Waals surface area contributed by atoms with Crippen molar-refractivity contribution in [2.45, 2.75) is 126 Å². The SMILES string of the molecule is [CH2-]C1CCC2(C)C(=CCC3(C(C)(C)C)C2CCC2(C)C(CCCCC(C)C)CCC23)C1.[Cs+].[Cs+].[Cs+]. The van der Waals surface area contributed by atoms with Gasteiger partial charge in [-0.15, -0.1) is 0 Å². The fourth-order valence-corrected chi connectivity index (χ4v) is 9.75. The topological polar surface area (TPSA) is 0 Å². The zero-order chi connectivity index (χ0) is 22.7. The van der Waals surface area contributed by atoms with E-state index in [4.69, 9.17) is 0 Å². The molecule has 34 heavy (non-hydrogen) atoms. The first kappa shape index (κ1) is 37.9. The molecule has 4 rings (SSSR count). The molecule has 0 aromatic rings. The molecule has 7 unspecified atom stereocenters. The quantitative estimate of drug-likeness (QED) is 0.218. The van der Waals surface area contributed by atoms with Gasteiger partial charge in [-0.1, -0.05) is 92.2 Å². The van der Waals surface area contributed by atoms with Crippen LogP contribution in [0.15, 0.2) is 11.6 Å². The minimum absolute atomic E-state index is 0. The number of hydrogen-bond donors (Lipinski definition) is 0. The molecule has 3 fully saturated rings.